The van der Waals surface area contributed by atoms with Crippen LogP contribution in [-0.2, 0) is 13.1 Å². The molecule has 11 nitrogen and oxygen atoms in total. The van der Waals surface area contributed by atoms with E-state index in [9.17, 15) is 4.79 Å². The summed E-state index contributed by atoms with van der Waals surface area (Å²) in [7, 11) is 7.80. The third-order valence-electron chi connectivity index (χ3n) is 11.0. The molecule has 2 N–H and O–H groups in total. The molecule has 2 aromatic heterocycles. The average Bonchev–Trinajstić information content (AvgIpc) is 3.14. The molecule has 7 rings (SSSR count). The van der Waals surface area contributed by atoms with Gasteiger partial charge in [0.05, 0.1) is 30.9 Å². The number of rotatable bonds is 10. The monoisotopic (exact) mass is 668 g/mol. The van der Waals surface area contributed by atoms with Crippen molar-refractivity contribution in [2.45, 2.75) is 63.8 Å². The molecule has 3 aromatic rings. The highest BCUT2D eigenvalue weighted by Crippen LogP contribution is 2.41. The first-order chi connectivity index (χ1) is 23.9. The summed E-state index contributed by atoms with van der Waals surface area (Å²) in [6, 6.07) is 9.17. The molecule has 262 valence electrons. The normalized spacial score (nSPS) is 21.5. The molecule has 4 aliphatic rings. The Labute approximate surface area is 290 Å². The van der Waals surface area contributed by atoms with Crippen molar-refractivity contribution in [3.05, 3.63) is 81.7 Å². The molecule has 4 aliphatic heterocycles. The summed E-state index contributed by atoms with van der Waals surface area (Å²) in [5.41, 5.74) is 5.41. The minimum atomic E-state index is 0.0944. The predicted octanol–water partition coefficient (Wildman–Crippen LogP) is 3.90. The Hall–Kier alpha value is -4.22. The van der Waals surface area contributed by atoms with Gasteiger partial charge in [-0.3, -0.25) is 9.69 Å². The lowest BCUT2D eigenvalue weighted by molar-refractivity contribution is 0.0981. The van der Waals surface area contributed by atoms with E-state index in [1.807, 2.05) is 32.4 Å². The van der Waals surface area contributed by atoms with E-state index in [0.29, 0.717) is 31.6 Å². The zero-order valence-electron chi connectivity index (χ0n) is 29.7. The Bertz CT molecular complexity index is 1780. The minimum absolute atomic E-state index is 0.0944. The number of piperidine rings is 2. The first-order valence-corrected chi connectivity index (χ1v) is 17.9. The van der Waals surface area contributed by atoms with Crippen molar-refractivity contribution in [2.75, 3.05) is 72.5 Å². The van der Waals surface area contributed by atoms with E-state index >= 15 is 0 Å². The second-order valence-corrected chi connectivity index (χ2v) is 14.1. The smallest absolute Gasteiger partial charge is 0.213 e. The molecule has 49 heavy (non-hydrogen) atoms. The number of likely N-dealkylation sites (N-methyl/N-ethyl adjacent to an activating group) is 1. The Kier molecular flexibility index (Phi) is 9.73. The van der Waals surface area contributed by atoms with Crippen molar-refractivity contribution in [3.63, 3.8) is 0 Å². The Morgan fingerprint density at radius 3 is 2.65 bits per heavy atom. The topological polar surface area (TPSA) is 90.4 Å². The molecule has 0 bridgehead atoms. The van der Waals surface area contributed by atoms with Gasteiger partial charge in [-0.25, -0.2) is 4.98 Å². The molecule has 0 aliphatic carbocycles. The number of benzene rings is 1. The van der Waals surface area contributed by atoms with E-state index in [2.05, 4.69) is 84.2 Å². The van der Waals surface area contributed by atoms with Crippen LogP contribution in [0.5, 0.6) is 11.6 Å². The van der Waals surface area contributed by atoms with Gasteiger partial charge in [-0.05, 0) is 75.6 Å². The number of aromatic nitrogens is 2. The van der Waals surface area contributed by atoms with Crippen molar-refractivity contribution in [1.82, 2.24) is 34.9 Å². The van der Waals surface area contributed by atoms with Gasteiger partial charge in [-0.2, -0.15) is 0 Å². The average molecular weight is 669 g/mol. The van der Waals surface area contributed by atoms with Crippen LogP contribution in [0, 0.1) is 0 Å². The fourth-order valence-electron chi connectivity index (χ4n) is 8.11. The van der Waals surface area contributed by atoms with Crippen LogP contribution in [0.15, 0.2) is 65.1 Å². The Balaban J connectivity index is 1.22. The third kappa shape index (κ3) is 6.70. The lowest BCUT2D eigenvalue weighted by atomic mass is 10.00. The molecule has 0 radical (unpaired) electrons. The lowest BCUT2D eigenvalue weighted by Crippen LogP contribution is -2.49. The van der Waals surface area contributed by atoms with E-state index in [0.717, 1.165) is 97.7 Å². The van der Waals surface area contributed by atoms with Crippen LogP contribution in [-0.4, -0.2) is 104 Å². The Morgan fingerprint density at radius 2 is 1.90 bits per heavy atom. The van der Waals surface area contributed by atoms with Crippen molar-refractivity contribution >= 4 is 16.6 Å². The van der Waals surface area contributed by atoms with E-state index in [-0.39, 0.29) is 17.5 Å². The summed E-state index contributed by atoms with van der Waals surface area (Å²) in [5.74, 6) is 2.58. The fraction of sp³-hybridized carbons (Fsp3) is 0.526. The van der Waals surface area contributed by atoms with Crippen LogP contribution in [0.25, 0.3) is 10.9 Å². The van der Waals surface area contributed by atoms with E-state index in [4.69, 9.17) is 9.47 Å². The summed E-state index contributed by atoms with van der Waals surface area (Å²) < 4.78 is 14.2. The standard InChI is InChI=1S/C38H52N8O3/c1-26-25-49-38-33(43-17-13-29(39-2)14-18-43)10-9-32-36(38)46(26)22-28(37(32)47)21-45(20-27-12-15-41-35(19-27)48-5)30-7-6-16-44(24-30)31-8-11-34(40-3)42(4)23-31/h8-12,15,19,22,26,29-30,39-40H,6-7,13-14,16-18,20-21,23-25H2,1-5H3. The number of anilines is 1. The van der Waals surface area contributed by atoms with Gasteiger partial charge in [0.15, 0.2) is 11.2 Å². The van der Waals surface area contributed by atoms with Crippen molar-refractivity contribution in [3.8, 4) is 11.6 Å². The molecule has 6 heterocycles. The fourth-order valence-corrected chi connectivity index (χ4v) is 8.11. The number of pyridine rings is 2. The Morgan fingerprint density at radius 1 is 1.06 bits per heavy atom. The number of nitrogens with one attached hydrogen (secondary N) is 2. The van der Waals surface area contributed by atoms with Gasteiger partial charge in [0.2, 0.25) is 5.88 Å². The molecule has 2 saturated heterocycles. The number of allylic oxidation sites excluding steroid dienone is 2. The van der Waals surface area contributed by atoms with Gasteiger partial charge in [0.1, 0.15) is 12.4 Å². The quantitative estimate of drug-likeness (QED) is 0.332. The van der Waals surface area contributed by atoms with Crippen molar-refractivity contribution in [1.29, 1.82) is 0 Å². The van der Waals surface area contributed by atoms with E-state index in [1.54, 1.807) is 7.11 Å². The molecule has 2 unspecified atom stereocenters. The maximum absolute atomic E-state index is 14.4. The molecule has 2 atom stereocenters. The summed E-state index contributed by atoms with van der Waals surface area (Å²) in [6.07, 6.45) is 12.7. The second-order valence-electron chi connectivity index (χ2n) is 14.1. The van der Waals surface area contributed by atoms with Crippen molar-refractivity contribution in [2.24, 2.45) is 0 Å². The van der Waals surface area contributed by atoms with Crippen LogP contribution in [0.3, 0.4) is 0 Å². The molecule has 1 aromatic carbocycles. The molecular weight excluding hydrogens is 616 g/mol. The van der Waals surface area contributed by atoms with Crippen molar-refractivity contribution < 1.29 is 9.47 Å². The first kappa shape index (κ1) is 33.3. The van der Waals surface area contributed by atoms with Crippen LogP contribution >= 0.6 is 0 Å². The maximum atomic E-state index is 14.4. The maximum Gasteiger partial charge on any atom is 0.213 e. The van der Waals surface area contributed by atoms with Gasteiger partial charge in [-0.1, -0.05) is 0 Å². The molecule has 2 fully saturated rings. The first-order valence-electron chi connectivity index (χ1n) is 17.9. The highest BCUT2D eigenvalue weighted by molar-refractivity contribution is 5.92. The van der Waals surface area contributed by atoms with Gasteiger partial charge >= 0.3 is 0 Å². The van der Waals surface area contributed by atoms with Crippen LogP contribution < -0.4 is 30.4 Å². The van der Waals surface area contributed by atoms with E-state index in [1.165, 1.54) is 5.70 Å². The molecule has 0 saturated carbocycles. The summed E-state index contributed by atoms with van der Waals surface area (Å²) >= 11 is 0. The summed E-state index contributed by atoms with van der Waals surface area (Å²) in [6.45, 7) is 8.78. The van der Waals surface area contributed by atoms with Gasteiger partial charge < -0.3 is 39.4 Å². The lowest BCUT2D eigenvalue weighted by Gasteiger charge is -2.43. The summed E-state index contributed by atoms with van der Waals surface area (Å²) in [4.78, 5) is 28.5. The predicted molar refractivity (Wildman–Crippen MR) is 195 cm³/mol. The largest absolute Gasteiger partial charge is 0.487 e. The minimum Gasteiger partial charge on any atom is -0.487 e. The number of methoxy groups -OCH3 is 1. The van der Waals surface area contributed by atoms with Gasteiger partial charge in [0.25, 0.3) is 0 Å². The zero-order valence-corrected chi connectivity index (χ0v) is 29.7. The highest BCUT2D eigenvalue weighted by Gasteiger charge is 2.31. The molecule has 0 spiro atoms. The van der Waals surface area contributed by atoms with Crippen LogP contribution in [0.2, 0.25) is 0 Å². The SMILES string of the molecule is CNC1=CC=C(N2CCCC(N(Cc3ccnc(OC)c3)Cc3cn4c5c(c(N6CCC(NC)CC6)ccc5c3=O)OCC4C)C2)CN1C. The number of hydrogen-bond acceptors (Lipinski definition) is 10. The van der Waals surface area contributed by atoms with Crippen LogP contribution in [0.1, 0.15) is 49.8 Å². The number of nitrogens with zero attached hydrogens (tertiary/aromatic N) is 6. The number of likely N-dealkylation sites (tertiary alicyclic amines) is 1. The molecule has 0 amide bonds. The molecular formula is C38H52N8O3. The zero-order chi connectivity index (χ0) is 34.1. The second kappa shape index (κ2) is 14.3. The molecule has 11 heteroatoms. The third-order valence-corrected chi connectivity index (χ3v) is 11.0. The number of ether oxygens (including phenoxy) is 2. The van der Waals surface area contributed by atoms with Gasteiger partial charge in [0, 0.05) is 101 Å². The summed E-state index contributed by atoms with van der Waals surface area (Å²) in [5, 5.41) is 7.46. The number of hydrogen-bond donors (Lipinski definition) is 2. The van der Waals surface area contributed by atoms with Crippen LogP contribution in [0.4, 0.5) is 5.69 Å². The van der Waals surface area contributed by atoms with Gasteiger partial charge in [-0.15, -0.1) is 0 Å². The highest BCUT2D eigenvalue weighted by atomic mass is 16.5. The van der Waals surface area contributed by atoms with E-state index < -0.39 is 0 Å².